The van der Waals surface area contributed by atoms with Crippen molar-refractivity contribution in [2.45, 2.75) is 48.7 Å². The minimum atomic E-state index is -1.93. The maximum Gasteiger partial charge on any atom is 0.0821 e. The van der Waals surface area contributed by atoms with Crippen molar-refractivity contribution in [3.05, 3.63) is 157 Å². The summed E-state index contributed by atoms with van der Waals surface area (Å²) in [5.41, 5.74) is 25.2. The Labute approximate surface area is 289 Å². The molecule has 0 heterocycles. The number of allylic oxidation sites excluding steroid dienone is 14. The van der Waals surface area contributed by atoms with Crippen molar-refractivity contribution in [1.29, 1.82) is 0 Å². The first-order valence-electron chi connectivity index (χ1n) is 19.0. The molecule has 1 heteroatoms. The number of hydrogen-bond donors (Lipinski definition) is 0. The van der Waals surface area contributed by atoms with Gasteiger partial charge >= 0.3 is 0 Å². The predicted molar refractivity (Wildman–Crippen MR) is 208 cm³/mol. The lowest BCUT2D eigenvalue weighted by Gasteiger charge is -2.48. The summed E-state index contributed by atoms with van der Waals surface area (Å²) in [5.74, 6) is 1.75. The molecule has 7 aromatic rings. The minimum absolute atomic E-state index is 0.0548. The second-order valence-electron chi connectivity index (χ2n) is 18.1. The van der Waals surface area contributed by atoms with E-state index in [9.17, 15) is 0 Å². The van der Waals surface area contributed by atoms with Crippen LogP contribution in [0.15, 0.2) is 124 Å². The molecular weight excluding hydrogens is 617 g/mol. The molecule has 0 nitrogen and oxygen atoms in total. The maximum atomic E-state index is 2.76. The summed E-state index contributed by atoms with van der Waals surface area (Å²) >= 11 is 0. The Kier molecular flexibility index (Phi) is 2.99. The van der Waals surface area contributed by atoms with E-state index >= 15 is 0 Å². The summed E-state index contributed by atoms with van der Waals surface area (Å²) in [6, 6.07) is 23.2. The Balaban J connectivity index is 1.21. The highest BCUT2D eigenvalue weighted by Crippen LogP contribution is 2.80. The third-order valence-corrected chi connectivity index (χ3v) is 19.7. The van der Waals surface area contributed by atoms with Gasteiger partial charge in [0.1, 0.15) is 0 Å². The molecule has 0 bridgehead atoms. The van der Waals surface area contributed by atoms with Crippen molar-refractivity contribution in [1.82, 2.24) is 0 Å². The molecule has 0 fully saturated rings. The lowest BCUT2D eigenvalue weighted by Crippen LogP contribution is -2.49. The first-order valence-corrected chi connectivity index (χ1v) is 22.3. The van der Waals surface area contributed by atoms with E-state index in [1.54, 1.807) is 126 Å². The van der Waals surface area contributed by atoms with E-state index in [2.05, 4.69) is 98.1 Å². The van der Waals surface area contributed by atoms with Crippen LogP contribution in [0.5, 0.6) is 0 Å². The summed E-state index contributed by atoms with van der Waals surface area (Å²) in [6.45, 7) is 5.37. The predicted octanol–water partition coefficient (Wildman–Crippen LogP) is 11.2. The van der Waals surface area contributed by atoms with Crippen LogP contribution < -0.4 is 5.19 Å². The van der Waals surface area contributed by atoms with Gasteiger partial charge in [0.25, 0.3) is 0 Å². The fourth-order valence-corrected chi connectivity index (χ4v) is 18.5. The second-order valence-corrected chi connectivity index (χ2v) is 22.8. The first-order chi connectivity index (χ1) is 24.6. The highest BCUT2D eigenvalue weighted by molar-refractivity contribution is 6.90. The molecule has 0 radical (unpaired) electrons. The van der Waals surface area contributed by atoms with E-state index in [4.69, 9.17) is 0 Å². The Morgan fingerprint density at radius 3 is 2.46 bits per heavy atom. The van der Waals surface area contributed by atoms with Crippen LogP contribution in [0.25, 0.3) is 65.0 Å². The van der Waals surface area contributed by atoms with E-state index in [0.717, 1.165) is 6.42 Å². The Morgan fingerprint density at radius 2 is 1.56 bits per heavy atom. The average molecular weight is 645 g/mol. The molecule has 10 aliphatic rings. The Morgan fingerprint density at radius 1 is 0.740 bits per heavy atom. The van der Waals surface area contributed by atoms with Gasteiger partial charge in [-0.1, -0.05) is 109 Å². The number of hydrogen-bond acceptors (Lipinski definition) is 0. The molecule has 10 aliphatic carbocycles. The van der Waals surface area contributed by atoms with Crippen molar-refractivity contribution >= 4 is 78.3 Å². The molecule has 5 unspecified atom stereocenters. The van der Waals surface area contributed by atoms with Crippen molar-refractivity contribution < 1.29 is 0 Å². The lowest BCUT2D eigenvalue weighted by molar-refractivity contribution is 0.657. The second kappa shape index (κ2) is 6.38. The fourth-order valence-electron chi connectivity index (χ4n) is 15.3. The molecular formula is C49H28Si. The molecule has 0 saturated heterocycles. The molecule has 50 heavy (non-hydrogen) atoms. The van der Waals surface area contributed by atoms with Crippen LogP contribution in [0, 0.1) is 5.92 Å². The van der Waals surface area contributed by atoms with E-state index in [1.807, 2.05) is 5.57 Å². The van der Waals surface area contributed by atoms with Crippen LogP contribution in [0.2, 0.25) is 19.1 Å². The minimum Gasteiger partial charge on any atom is -0.0754 e. The van der Waals surface area contributed by atoms with Crippen molar-refractivity contribution in [2.75, 3.05) is 0 Å². The molecule has 7 aromatic carbocycles. The molecule has 0 aliphatic heterocycles. The van der Waals surface area contributed by atoms with Gasteiger partial charge in [0.2, 0.25) is 0 Å². The average Bonchev–Trinajstić information content (AvgIpc) is 3.95. The molecule has 228 valence electrons. The number of rotatable bonds is 3. The molecule has 0 aromatic heterocycles. The third-order valence-electron chi connectivity index (χ3n) is 16.4. The van der Waals surface area contributed by atoms with Crippen molar-refractivity contribution in [3.8, 4) is 0 Å². The molecule has 5 atom stereocenters. The van der Waals surface area contributed by atoms with Gasteiger partial charge < -0.3 is 0 Å². The normalized spacial score (nSPS) is 29.9. The van der Waals surface area contributed by atoms with Gasteiger partial charge in [-0.25, -0.2) is 0 Å². The zero-order valence-corrected chi connectivity index (χ0v) is 28.8. The summed E-state index contributed by atoms with van der Waals surface area (Å²) in [5, 5.41) is 17.8. The maximum absolute atomic E-state index is 2.76. The molecule has 0 spiro atoms. The number of fused-ring (bicyclic) bond motifs is 4. The molecule has 0 N–H and O–H groups in total. The number of benzene rings is 5. The van der Waals surface area contributed by atoms with Gasteiger partial charge in [0, 0.05) is 29.1 Å². The smallest absolute Gasteiger partial charge is 0.0754 e. The standard InChI is InChI=1S/C49H28Si/c1-50(2,19-6-4-3-5-7-19)18-49-29-17-16-27-26-13-12-23-22-9-8-20-21-10-11-24-25-14-15-28(29)37-36(25)40-33(24)32(21)38-30(20)31(22)39-34(23)35(26)45(47(27)49)44-42(39)41(38)43(40)46(44)48(37)49/h3-15,17,20,26,30,45H,16,18H2,1-2H3. The first kappa shape index (κ1) is 23.4. The van der Waals surface area contributed by atoms with Gasteiger partial charge in [0.15, 0.2) is 0 Å². The molecule has 0 saturated carbocycles. The largest absolute Gasteiger partial charge is 0.0821 e. The van der Waals surface area contributed by atoms with E-state index in [1.165, 1.54) is 16.8 Å². The van der Waals surface area contributed by atoms with Gasteiger partial charge in [-0.3, -0.25) is 0 Å². The molecule has 17 rings (SSSR count). The van der Waals surface area contributed by atoms with Crippen LogP contribution >= 0.6 is 0 Å². The third kappa shape index (κ3) is 1.79. The topological polar surface area (TPSA) is 0 Å². The molecule has 0 amide bonds. The summed E-state index contributed by atoms with van der Waals surface area (Å²) in [4.78, 5) is 0. The zero-order valence-electron chi connectivity index (χ0n) is 27.8. The van der Waals surface area contributed by atoms with Gasteiger partial charge in [-0.2, -0.15) is 0 Å². The SMILES string of the molecule is C[Si](C)(CC12C3=CCC4=C1C1C5=C6C(=C7C=CC8c9ccc%10c%11ccc3c3c2c2c1c1c%12c(c9c%10c(c%122)c3%11)C8C7=C61)C=CC45)c1ccccc1. The highest BCUT2D eigenvalue weighted by atomic mass is 28.3. The highest BCUT2D eigenvalue weighted by Gasteiger charge is 2.65. The van der Waals surface area contributed by atoms with Crippen LogP contribution in [0.1, 0.15) is 57.6 Å². The summed E-state index contributed by atoms with van der Waals surface area (Å²) in [6.07, 6.45) is 14.3. The fraction of sp³-hybridized carbons (Fsp3) is 0.184. The van der Waals surface area contributed by atoms with Crippen LogP contribution in [-0.4, -0.2) is 8.07 Å². The van der Waals surface area contributed by atoms with Crippen LogP contribution in [0.3, 0.4) is 0 Å². The van der Waals surface area contributed by atoms with Crippen LogP contribution in [0.4, 0.5) is 0 Å². The Hall–Kier alpha value is -4.98. The quantitative estimate of drug-likeness (QED) is 0.102. The van der Waals surface area contributed by atoms with Gasteiger partial charge in [0.05, 0.1) is 8.07 Å². The van der Waals surface area contributed by atoms with Crippen LogP contribution in [-0.2, 0) is 5.41 Å². The van der Waals surface area contributed by atoms with Gasteiger partial charge in [-0.15, -0.1) is 0 Å². The van der Waals surface area contributed by atoms with E-state index in [0.29, 0.717) is 23.7 Å². The van der Waals surface area contributed by atoms with Crippen molar-refractivity contribution in [3.63, 3.8) is 0 Å². The summed E-state index contributed by atoms with van der Waals surface area (Å²) < 4.78 is 0. The van der Waals surface area contributed by atoms with E-state index in [-0.39, 0.29) is 5.41 Å². The zero-order chi connectivity index (χ0) is 31.6. The Bertz CT molecular complexity index is 3330. The van der Waals surface area contributed by atoms with Gasteiger partial charge in [-0.05, 0) is 144 Å². The van der Waals surface area contributed by atoms with E-state index < -0.39 is 8.07 Å². The lowest BCUT2D eigenvalue weighted by atomic mass is 9.58. The summed E-state index contributed by atoms with van der Waals surface area (Å²) in [7, 11) is -1.93. The monoisotopic (exact) mass is 644 g/mol. The van der Waals surface area contributed by atoms with Crippen molar-refractivity contribution in [2.24, 2.45) is 5.92 Å².